The van der Waals surface area contributed by atoms with Gasteiger partial charge in [0.25, 0.3) is 0 Å². The Morgan fingerprint density at radius 1 is 1.08 bits per heavy atom. The van der Waals surface area contributed by atoms with Gasteiger partial charge >= 0.3 is 6.00 Å². The summed E-state index contributed by atoms with van der Waals surface area (Å²) < 4.78 is 0. The van der Waals surface area contributed by atoms with Crippen LogP contribution in [0.5, 0.6) is 0 Å². The number of benzene rings is 1. The molecule has 0 bridgehead atoms. The minimum atomic E-state index is -2.58. The molecule has 0 N–H and O–H groups in total. The van der Waals surface area contributed by atoms with E-state index in [1.807, 2.05) is 37.3 Å². The van der Waals surface area contributed by atoms with Crippen LogP contribution in [0.25, 0.3) is 0 Å². The summed E-state index contributed by atoms with van der Waals surface area (Å²) in [4.78, 5) is 0. The zero-order chi connectivity index (χ0) is 9.19. The third-order valence-corrected chi connectivity index (χ3v) is 6.05. The van der Waals surface area contributed by atoms with Gasteiger partial charge in [0, 0.05) is 5.54 Å². The summed E-state index contributed by atoms with van der Waals surface area (Å²) in [6, 6.07) is 7.25. The highest BCUT2D eigenvalue weighted by molar-refractivity contribution is 7.65. The van der Waals surface area contributed by atoms with Gasteiger partial charge in [0.05, 0.1) is 0 Å². The van der Waals surface area contributed by atoms with Crippen LogP contribution < -0.4 is 0 Å². The summed E-state index contributed by atoms with van der Waals surface area (Å²) in [7, 11) is 0. The number of hydrogen-bond acceptors (Lipinski definition) is 0. The lowest BCUT2D eigenvalue weighted by Gasteiger charge is -2.17. The van der Waals surface area contributed by atoms with Crippen LogP contribution >= 0.6 is 33.2 Å². The van der Waals surface area contributed by atoms with Crippen molar-refractivity contribution in [1.82, 2.24) is 0 Å². The highest BCUT2D eigenvalue weighted by atomic mass is 35.8. The Kier molecular flexibility index (Phi) is 3.47. The number of hydrogen-bond donors (Lipinski definition) is 0. The number of rotatable bonds is 2. The minimum Gasteiger partial charge on any atom is -0.125 e. The van der Waals surface area contributed by atoms with E-state index in [1.165, 1.54) is 0 Å². The summed E-state index contributed by atoms with van der Waals surface area (Å²) >= 11 is 17.7. The smallest absolute Gasteiger partial charge is 0.125 e. The van der Waals surface area contributed by atoms with Crippen molar-refractivity contribution in [2.75, 3.05) is 0 Å². The van der Waals surface area contributed by atoms with Gasteiger partial charge in [-0.05, 0) is 5.56 Å². The molecule has 12 heavy (non-hydrogen) atoms. The molecule has 0 unspecified atom stereocenters. The molecular formula is C8H9Cl3Si. The Bertz CT molecular complexity index is 242. The largest absolute Gasteiger partial charge is 0.348 e. The van der Waals surface area contributed by atoms with Gasteiger partial charge in [0.15, 0.2) is 0 Å². The molecule has 0 spiro atoms. The molecular weight excluding hydrogens is 231 g/mol. The second-order valence-corrected chi connectivity index (χ2v) is 11.7. The third kappa shape index (κ3) is 2.66. The first-order valence-electron chi connectivity index (χ1n) is 3.63. The van der Waals surface area contributed by atoms with Crippen LogP contribution in [-0.2, 0) is 0 Å². The van der Waals surface area contributed by atoms with Crippen LogP contribution in [-0.4, -0.2) is 6.00 Å². The van der Waals surface area contributed by atoms with E-state index in [4.69, 9.17) is 33.2 Å². The Labute approximate surface area is 87.6 Å². The second kappa shape index (κ2) is 4.01. The summed E-state index contributed by atoms with van der Waals surface area (Å²) in [6.07, 6.45) is 0. The molecule has 0 saturated carbocycles. The molecule has 1 aromatic rings. The maximum absolute atomic E-state index is 5.89. The number of halogens is 3. The lowest BCUT2D eigenvalue weighted by atomic mass is 10.2. The minimum absolute atomic E-state index is 0.0590. The second-order valence-electron chi connectivity index (χ2n) is 2.67. The molecule has 1 atom stereocenters. The molecule has 0 radical (unpaired) electrons. The fourth-order valence-electron chi connectivity index (χ4n) is 0.931. The van der Waals surface area contributed by atoms with Crippen molar-refractivity contribution in [3.05, 3.63) is 35.9 Å². The molecule has 4 heteroatoms. The maximum atomic E-state index is 5.89. The monoisotopic (exact) mass is 238 g/mol. The summed E-state index contributed by atoms with van der Waals surface area (Å²) in [5.74, 6) is 0. The van der Waals surface area contributed by atoms with Crippen LogP contribution in [0.4, 0.5) is 0 Å². The molecule has 0 aliphatic heterocycles. The molecule has 0 heterocycles. The Balaban J connectivity index is 2.86. The third-order valence-electron chi connectivity index (χ3n) is 1.79. The van der Waals surface area contributed by atoms with Gasteiger partial charge in [-0.3, -0.25) is 0 Å². The van der Waals surface area contributed by atoms with Crippen molar-refractivity contribution in [2.45, 2.75) is 12.5 Å². The molecule has 66 valence electrons. The van der Waals surface area contributed by atoms with Crippen LogP contribution in [0.3, 0.4) is 0 Å². The molecule has 0 aliphatic rings. The maximum Gasteiger partial charge on any atom is 0.348 e. The molecule has 0 amide bonds. The van der Waals surface area contributed by atoms with Crippen molar-refractivity contribution in [2.24, 2.45) is 0 Å². The average molecular weight is 240 g/mol. The van der Waals surface area contributed by atoms with E-state index in [-0.39, 0.29) is 5.54 Å². The van der Waals surface area contributed by atoms with E-state index in [2.05, 4.69) is 0 Å². The van der Waals surface area contributed by atoms with Crippen molar-refractivity contribution in [3.63, 3.8) is 0 Å². The normalized spacial score (nSPS) is 14.3. The Morgan fingerprint density at radius 3 is 2.00 bits per heavy atom. The molecule has 1 aromatic carbocycles. The van der Waals surface area contributed by atoms with Gasteiger partial charge in [-0.15, -0.1) is 33.2 Å². The van der Waals surface area contributed by atoms with E-state index in [0.29, 0.717) is 0 Å². The molecule has 0 aromatic heterocycles. The molecule has 0 nitrogen and oxygen atoms in total. The van der Waals surface area contributed by atoms with Crippen molar-refractivity contribution in [1.29, 1.82) is 0 Å². The molecule has 0 aliphatic carbocycles. The van der Waals surface area contributed by atoms with E-state index in [0.717, 1.165) is 5.56 Å². The highest BCUT2D eigenvalue weighted by Crippen LogP contribution is 2.35. The average Bonchev–Trinajstić information content (AvgIpc) is 2.03. The summed E-state index contributed by atoms with van der Waals surface area (Å²) in [6.45, 7) is 1.95. The Morgan fingerprint density at radius 2 is 1.58 bits per heavy atom. The highest BCUT2D eigenvalue weighted by Gasteiger charge is 2.34. The zero-order valence-corrected chi connectivity index (χ0v) is 9.87. The fraction of sp³-hybridized carbons (Fsp3) is 0.250. The summed E-state index contributed by atoms with van der Waals surface area (Å²) in [5, 5.41) is 0. The van der Waals surface area contributed by atoms with Gasteiger partial charge in [-0.2, -0.15) is 0 Å². The van der Waals surface area contributed by atoms with Gasteiger partial charge in [0.1, 0.15) is 0 Å². The predicted molar refractivity (Wildman–Crippen MR) is 58.2 cm³/mol. The first-order chi connectivity index (χ1) is 5.52. The quantitative estimate of drug-likeness (QED) is 0.541. The lowest BCUT2D eigenvalue weighted by Crippen LogP contribution is -2.20. The van der Waals surface area contributed by atoms with E-state index in [1.54, 1.807) is 0 Å². The van der Waals surface area contributed by atoms with Gasteiger partial charge in [-0.25, -0.2) is 0 Å². The van der Waals surface area contributed by atoms with Crippen molar-refractivity contribution >= 4 is 39.2 Å². The van der Waals surface area contributed by atoms with Crippen molar-refractivity contribution < 1.29 is 0 Å². The van der Waals surface area contributed by atoms with E-state index in [9.17, 15) is 0 Å². The van der Waals surface area contributed by atoms with E-state index >= 15 is 0 Å². The van der Waals surface area contributed by atoms with Crippen LogP contribution in [0, 0.1) is 0 Å². The van der Waals surface area contributed by atoms with Crippen LogP contribution in [0.15, 0.2) is 30.3 Å². The Hall–Kier alpha value is 0.307. The molecule has 0 fully saturated rings. The SMILES string of the molecule is C[C@@H](c1ccccc1)[Si](Cl)(Cl)Cl. The van der Waals surface area contributed by atoms with Gasteiger partial charge in [0.2, 0.25) is 0 Å². The van der Waals surface area contributed by atoms with Crippen LogP contribution in [0.1, 0.15) is 18.0 Å². The predicted octanol–water partition coefficient (Wildman–Crippen LogP) is 3.98. The summed E-state index contributed by atoms with van der Waals surface area (Å²) in [5.41, 5.74) is 1.16. The fourth-order valence-corrected chi connectivity index (χ4v) is 2.64. The van der Waals surface area contributed by atoms with Crippen molar-refractivity contribution in [3.8, 4) is 0 Å². The topological polar surface area (TPSA) is 0 Å². The van der Waals surface area contributed by atoms with Gasteiger partial charge in [-0.1, -0.05) is 37.3 Å². The van der Waals surface area contributed by atoms with Gasteiger partial charge < -0.3 is 0 Å². The first-order valence-corrected chi connectivity index (χ1v) is 8.75. The first kappa shape index (κ1) is 10.4. The molecule has 1 rings (SSSR count). The molecule has 0 saturated heterocycles. The zero-order valence-electron chi connectivity index (χ0n) is 6.60. The standard InChI is InChI=1S/C8H9Cl3Si/c1-7(12(9,10)11)8-5-3-2-4-6-8/h2-7H,1H3/t7-/m0/s1. The lowest BCUT2D eigenvalue weighted by molar-refractivity contribution is 1.07. The van der Waals surface area contributed by atoms with Crippen LogP contribution in [0.2, 0.25) is 0 Å². The van der Waals surface area contributed by atoms with E-state index < -0.39 is 6.00 Å².